The lowest BCUT2D eigenvalue weighted by Crippen LogP contribution is -2.25. The van der Waals surface area contributed by atoms with Crippen LogP contribution in [0.3, 0.4) is 0 Å². The van der Waals surface area contributed by atoms with E-state index < -0.39 is 0 Å². The molecule has 0 aromatic heterocycles. The second-order valence-corrected chi connectivity index (χ2v) is 17.4. The summed E-state index contributed by atoms with van der Waals surface area (Å²) in [5.74, 6) is 0.869. The van der Waals surface area contributed by atoms with Crippen LogP contribution in [0.1, 0.15) is 12.8 Å². The van der Waals surface area contributed by atoms with Crippen molar-refractivity contribution in [1.82, 2.24) is 0 Å². The van der Waals surface area contributed by atoms with E-state index in [0.29, 0.717) is 13.2 Å². The summed E-state index contributed by atoms with van der Waals surface area (Å²) in [6, 6.07) is 82.6. The van der Waals surface area contributed by atoms with Gasteiger partial charge in [0.25, 0.3) is 0 Å². The van der Waals surface area contributed by atoms with E-state index in [9.17, 15) is 0 Å². The Morgan fingerprint density at radius 1 is 0.292 bits per heavy atom. The molecule has 12 rings (SSSR count). The summed E-state index contributed by atoms with van der Waals surface area (Å²) in [6.45, 7) is 1.42. The van der Waals surface area contributed by atoms with Crippen LogP contribution in [-0.4, -0.2) is 19.3 Å². The maximum atomic E-state index is 6.99. The Hall–Kier alpha value is -7.78. The summed E-state index contributed by atoms with van der Waals surface area (Å²) >= 11 is 0. The zero-order valence-corrected chi connectivity index (χ0v) is 36.1. The molecular formula is C63H46O2. The van der Waals surface area contributed by atoms with Gasteiger partial charge in [-0.2, -0.15) is 0 Å². The highest BCUT2D eigenvalue weighted by Crippen LogP contribution is 2.43. The van der Waals surface area contributed by atoms with Crippen molar-refractivity contribution in [3.8, 4) is 72.5 Å². The van der Waals surface area contributed by atoms with Crippen LogP contribution < -0.4 is 4.74 Å². The fourth-order valence-electron chi connectivity index (χ4n) is 10.1. The van der Waals surface area contributed by atoms with E-state index in [1.54, 1.807) is 0 Å². The standard InChI is InChI=1S/C63H46O2/c1-5-21-56-42(13-1)17-9-25-60(56)50-34-46(35-51(38-50)61-26-10-18-43-14-2-6-22-57(43)61)48-33-49(41-55(40-48)65-54-29-31-64-32-30-54)47-36-52(62-27-11-19-44-15-3-7-23-58(44)62)39-53(37-47)63-28-12-20-45-16-4-8-24-59(45)63/h1-28,33-41,54H,29-32H2. The number of benzene rings is 11. The number of ether oxygens (including phenoxy) is 2. The molecule has 0 radical (unpaired) electrons. The zero-order valence-electron chi connectivity index (χ0n) is 36.1. The molecule has 11 aromatic rings. The van der Waals surface area contributed by atoms with Gasteiger partial charge in [-0.05, 0) is 164 Å². The van der Waals surface area contributed by atoms with Crippen LogP contribution in [0.15, 0.2) is 224 Å². The number of rotatable bonds is 8. The molecule has 1 fully saturated rings. The predicted octanol–water partition coefficient (Wildman–Crippen LogP) is 16.9. The lowest BCUT2D eigenvalue weighted by Gasteiger charge is -2.24. The molecule has 2 heteroatoms. The third kappa shape index (κ3) is 7.52. The smallest absolute Gasteiger partial charge is 0.120 e. The second-order valence-electron chi connectivity index (χ2n) is 17.4. The van der Waals surface area contributed by atoms with Gasteiger partial charge in [-0.3, -0.25) is 0 Å². The summed E-state index contributed by atoms with van der Waals surface area (Å²) in [7, 11) is 0. The van der Waals surface area contributed by atoms with Gasteiger partial charge < -0.3 is 9.47 Å². The van der Waals surface area contributed by atoms with E-state index in [-0.39, 0.29) is 6.10 Å². The minimum Gasteiger partial charge on any atom is -0.490 e. The van der Waals surface area contributed by atoms with E-state index in [0.717, 1.165) is 40.8 Å². The van der Waals surface area contributed by atoms with Crippen molar-refractivity contribution in [1.29, 1.82) is 0 Å². The quantitative estimate of drug-likeness (QED) is 0.152. The maximum Gasteiger partial charge on any atom is 0.120 e. The average Bonchev–Trinajstić information content (AvgIpc) is 3.38. The van der Waals surface area contributed by atoms with Crippen molar-refractivity contribution >= 4 is 43.1 Å². The van der Waals surface area contributed by atoms with Gasteiger partial charge in [0, 0.05) is 12.8 Å². The van der Waals surface area contributed by atoms with E-state index in [1.165, 1.54) is 87.6 Å². The first-order valence-electron chi connectivity index (χ1n) is 22.8. The van der Waals surface area contributed by atoms with E-state index in [4.69, 9.17) is 9.47 Å². The Bertz CT molecular complexity index is 3140. The van der Waals surface area contributed by atoms with Gasteiger partial charge in [0.15, 0.2) is 0 Å². The lowest BCUT2D eigenvalue weighted by molar-refractivity contribution is 0.0256. The summed E-state index contributed by atoms with van der Waals surface area (Å²) in [4.78, 5) is 0. The zero-order chi connectivity index (χ0) is 43.1. The summed E-state index contributed by atoms with van der Waals surface area (Å²) in [6.07, 6.45) is 1.81. The van der Waals surface area contributed by atoms with Crippen molar-refractivity contribution in [3.63, 3.8) is 0 Å². The van der Waals surface area contributed by atoms with Gasteiger partial charge in [-0.15, -0.1) is 0 Å². The van der Waals surface area contributed by atoms with Crippen LogP contribution >= 0.6 is 0 Å². The molecule has 0 saturated carbocycles. The van der Waals surface area contributed by atoms with Crippen LogP contribution in [0.5, 0.6) is 5.75 Å². The SMILES string of the molecule is c1ccc2c(-c3cc(-c4cc(OC5CCOCC5)cc(-c5cc(-c6cccc7ccccc67)cc(-c6cccc7ccccc67)c5)c4)cc(-c4cccc5ccccc45)c3)cccc2c1. The summed E-state index contributed by atoms with van der Waals surface area (Å²) in [5.41, 5.74) is 14.0. The summed E-state index contributed by atoms with van der Waals surface area (Å²) < 4.78 is 12.8. The molecule has 1 aliphatic heterocycles. The fraction of sp³-hybridized carbons (Fsp3) is 0.0794. The highest BCUT2D eigenvalue weighted by Gasteiger charge is 2.19. The molecule has 310 valence electrons. The molecule has 0 atom stereocenters. The van der Waals surface area contributed by atoms with Gasteiger partial charge in [0.1, 0.15) is 11.9 Å². The van der Waals surface area contributed by atoms with E-state index >= 15 is 0 Å². The second kappa shape index (κ2) is 16.7. The molecule has 0 bridgehead atoms. The third-order valence-electron chi connectivity index (χ3n) is 13.3. The molecule has 1 saturated heterocycles. The Balaban J connectivity index is 1.10. The van der Waals surface area contributed by atoms with Crippen molar-refractivity contribution in [2.75, 3.05) is 13.2 Å². The molecule has 65 heavy (non-hydrogen) atoms. The fourth-order valence-corrected chi connectivity index (χ4v) is 10.1. The Morgan fingerprint density at radius 3 is 0.923 bits per heavy atom. The van der Waals surface area contributed by atoms with E-state index in [2.05, 4.69) is 224 Å². The van der Waals surface area contributed by atoms with Crippen molar-refractivity contribution in [3.05, 3.63) is 224 Å². The van der Waals surface area contributed by atoms with Gasteiger partial charge in [0.05, 0.1) is 13.2 Å². The minimum atomic E-state index is 0.0772. The molecular weight excluding hydrogens is 789 g/mol. The highest BCUT2D eigenvalue weighted by molar-refractivity contribution is 6.03. The molecule has 1 aliphatic rings. The Labute approximate surface area is 380 Å². The maximum absolute atomic E-state index is 6.99. The van der Waals surface area contributed by atoms with Crippen LogP contribution in [-0.2, 0) is 4.74 Å². The Kier molecular flexibility index (Phi) is 10.0. The first-order chi connectivity index (χ1) is 32.2. The first-order valence-corrected chi connectivity index (χ1v) is 22.8. The average molecular weight is 835 g/mol. The normalized spacial score (nSPS) is 13.2. The molecule has 0 amide bonds. The van der Waals surface area contributed by atoms with Gasteiger partial charge in [0.2, 0.25) is 0 Å². The molecule has 2 nitrogen and oxygen atoms in total. The number of hydrogen-bond donors (Lipinski definition) is 0. The molecule has 1 heterocycles. The molecule has 0 spiro atoms. The van der Waals surface area contributed by atoms with Crippen LogP contribution in [0, 0.1) is 0 Å². The predicted molar refractivity (Wildman–Crippen MR) is 274 cm³/mol. The third-order valence-corrected chi connectivity index (χ3v) is 13.3. The van der Waals surface area contributed by atoms with Crippen molar-refractivity contribution < 1.29 is 9.47 Å². The monoisotopic (exact) mass is 834 g/mol. The minimum absolute atomic E-state index is 0.0772. The van der Waals surface area contributed by atoms with Crippen LogP contribution in [0.25, 0.3) is 110 Å². The van der Waals surface area contributed by atoms with Gasteiger partial charge in [-0.1, -0.05) is 170 Å². The molecule has 0 unspecified atom stereocenters. The van der Waals surface area contributed by atoms with Crippen molar-refractivity contribution in [2.24, 2.45) is 0 Å². The lowest BCUT2D eigenvalue weighted by atomic mass is 9.88. The first kappa shape index (κ1) is 38.9. The summed E-state index contributed by atoms with van der Waals surface area (Å²) in [5, 5.41) is 9.85. The van der Waals surface area contributed by atoms with Crippen LogP contribution in [0.4, 0.5) is 0 Å². The highest BCUT2D eigenvalue weighted by atomic mass is 16.5. The van der Waals surface area contributed by atoms with Crippen molar-refractivity contribution in [2.45, 2.75) is 18.9 Å². The molecule has 0 aliphatic carbocycles. The Morgan fingerprint density at radius 2 is 0.569 bits per heavy atom. The van der Waals surface area contributed by atoms with E-state index in [1.807, 2.05) is 0 Å². The van der Waals surface area contributed by atoms with Gasteiger partial charge >= 0.3 is 0 Å². The van der Waals surface area contributed by atoms with Crippen LogP contribution in [0.2, 0.25) is 0 Å². The molecule has 0 N–H and O–H groups in total. The molecule has 11 aromatic carbocycles. The van der Waals surface area contributed by atoms with Gasteiger partial charge in [-0.25, -0.2) is 0 Å². The number of fused-ring (bicyclic) bond motifs is 4. The number of hydrogen-bond acceptors (Lipinski definition) is 2. The topological polar surface area (TPSA) is 18.5 Å². The largest absolute Gasteiger partial charge is 0.490 e.